The molecule has 4 heteroatoms. The summed E-state index contributed by atoms with van der Waals surface area (Å²) < 4.78 is 12.8. The number of hydrogen-bond donors (Lipinski definition) is 1. The van der Waals surface area contributed by atoms with Crippen LogP contribution in [0.1, 0.15) is 28.3 Å². The van der Waals surface area contributed by atoms with Gasteiger partial charge in [-0.2, -0.15) is 0 Å². The van der Waals surface area contributed by atoms with Crippen molar-refractivity contribution in [1.82, 2.24) is 5.32 Å². The highest BCUT2D eigenvalue weighted by Gasteiger charge is 2.07. The molecule has 104 valence electrons. The molecule has 2 aromatic rings. The first-order valence-corrected chi connectivity index (χ1v) is 7.17. The lowest BCUT2D eigenvalue weighted by atomic mass is 10.1. The van der Waals surface area contributed by atoms with Crippen LogP contribution in [-0.4, -0.2) is 5.91 Å². The van der Waals surface area contributed by atoms with Crippen molar-refractivity contribution in [2.24, 2.45) is 0 Å². The Bertz CT molecular complexity index is 616. The van der Waals surface area contributed by atoms with E-state index in [0.29, 0.717) is 0 Å². The van der Waals surface area contributed by atoms with Gasteiger partial charge in [0.2, 0.25) is 5.91 Å². The number of hydrogen-bond acceptors (Lipinski definition) is 2. The summed E-state index contributed by atoms with van der Waals surface area (Å²) in [4.78, 5) is 14.1. The Morgan fingerprint density at radius 3 is 2.55 bits per heavy atom. The van der Waals surface area contributed by atoms with Crippen molar-refractivity contribution >= 4 is 23.3 Å². The van der Waals surface area contributed by atoms with Crippen LogP contribution in [0.25, 0.3) is 6.08 Å². The zero-order valence-corrected chi connectivity index (χ0v) is 12.2. The molecule has 0 aliphatic heterocycles. The van der Waals surface area contributed by atoms with Gasteiger partial charge in [-0.05, 0) is 49.8 Å². The lowest BCUT2D eigenvalue weighted by molar-refractivity contribution is -0.117. The Morgan fingerprint density at radius 2 is 1.95 bits per heavy atom. The second kappa shape index (κ2) is 6.48. The van der Waals surface area contributed by atoms with E-state index in [4.69, 9.17) is 0 Å². The number of rotatable bonds is 4. The minimum absolute atomic E-state index is 0.155. The van der Waals surface area contributed by atoms with Crippen LogP contribution in [0.4, 0.5) is 4.39 Å². The number of amides is 1. The summed E-state index contributed by atoms with van der Waals surface area (Å²) in [5.74, 6) is -0.437. The lowest BCUT2D eigenvalue weighted by Gasteiger charge is -2.12. The van der Waals surface area contributed by atoms with Crippen LogP contribution in [0.3, 0.4) is 0 Å². The van der Waals surface area contributed by atoms with Gasteiger partial charge in [0.15, 0.2) is 0 Å². The molecular formula is C16H16FNOS. The van der Waals surface area contributed by atoms with E-state index in [2.05, 4.69) is 5.32 Å². The summed E-state index contributed by atoms with van der Waals surface area (Å²) in [7, 11) is 0. The molecule has 0 saturated heterocycles. The Morgan fingerprint density at radius 1 is 1.25 bits per heavy atom. The summed E-state index contributed by atoms with van der Waals surface area (Å²) in [5, 5.41) is 2.85. The highest BCUT2D eigenvalue weighted by atomic mass is 32.1. The van der Waals surface area contributed by atoms with Crippen molar-refractivity contribution < 1.29 is 9.18 Å². The van der Waals surface area contributed by atoms with Gasteiger partial charge in [-0.1, -0.05) is 12.1 Å². The predicted octanol–water partition coefficient (Wildman–Crippen LogP) is 4.09. The third kappa shape index (κ3) is 4.03. The first-order chi connectivity index (χ1) is 9.54. The number of carbonyl (C=O) groups excluding carboxylic acids is 1. The average molecular weight is 289 g/mol. The molecular weight excluding hydrogens is 273 g/mol. The van der Waals surface area contributed by atoms with Gasteiger partial charge >= 0.3 is 0 Å². The normalized spacial score (nSPS) is 12.6. The monoisotopic (exact) mass is 289 g/mol. The highest BCUT2D eigenvalue weighted by molar-refractivity contribution is 7.12. The van der Waals surface area contributed by atoms with Gasteiger partial charge in [0.1, 0.15) is 5.82 Å². The van der Waals surface area contributed by atoms with E-state index >= 15 is 0 Å². The van der Waals surface area contributed by atoms with Gasteiger partial charge < -0.3 is 5.32 Å². The average Bonchev–Trinajstić information content (AvgIpc) is 2.83. The standard InChI is InChI=1S/C16H16FNOS/c1-11-3-8-15(20-11)9-10-16(19)18-12(2)13-4-6-14(17)7-5-13/h3-10,12H,1-2H3,(H,18,19)/b10-9+/t12-/m0/s1. The zero-order valence-electron chi connectivity index (χ0n) is 11.4. The number of benzene rings is 1. The predicted molar refractivity (Wildman–Crippen MR) is 81.0 cm³/mol. The molecule has 1 aromatic carbocycles. The van der Waals surface area contributed by atoms with Crippen molar-refractivity contribution in [3.05, 3.63) is 63.6 Å². The maximum Gasteiger partial charge on any atom is 0.244 e. The Hall–Kier alpha value is -1.94. The third-order valence-electron chi connectivity index (χ3n) is 2.89. The van der Waals surface area contributed by atoms with Crippen LogP contribution in [0.2, 0.25) is 0 Å². The summed E-state index contributed by atoms with van der Waals surface area (Å²) in [6.07, 6.45) is 3.32. The van der Waals surface area contributed by atoms with E-state index in [1.807, 2.05) is 26.0 Å². The molecule has 0 saturated carbocycles. The van der Waals surface area contributed by atoms with Gasteiger partial charge in [0.25, 0.3) is 0 Å². The number of aryl methyl sites for hydroxylation is 1. The van der Waals surface area contributed by atoms with Crippen molar-refractivity contribution in [2.45, 2.75) is 19.9 Å². The molecule has 20 heavy (non-hydrogen) atoms. The maximum atomic E-state index is 12.8. The molecule has 1 atom stereocenters. The van der Waals surface area contributed by atoms with Crippen molar-refractivity contribution in [1.29, 1.82) is 0 Å². The zero-order chi connectivity index (χ0) is 14.5. The molecule has 2 nitrogen and oxygen atoms in total. The van der Waals surface area contributed by atoms with Gasteiger partial charge in [0.05, 0.1) is 6.04 Å². The van der Waals surface area contributed by atoms with E-state index in [9.17, 15) is 9.18 Å². The Labute approximate surface area is 122 Å². The SMILES string of the molecule is Cc1ccc(/C=C/C(=O)N[C@@H](C)c2ccc(F)cc2)s1. The van der Waals surface area contributed by atoms with Crippen molar-refractivity contribution in [3.8, 4) is 0 Å². The molecule has 1 amide bonds. The van der Waals surface area contributed by atoms with Crippen LogP contribution in [0.5, 0.6) is 0 Å². The molecule has 0 fully saturated rings. The number of halogens is 1. The molecule has 0 spiro atoms. The molecule has 1 N–H and O–H groups in total. The van der Waals surface area contributed by atoms with E-state index in [0.717, 1.165) is 10.4 Å². The topological polar surface area (TPSA) is 29.1 Å². The lowest BCUT2D eigenvalue weighted by Crippen LogP contribution is -2.24. The first kappa shape index (κ1) is 14.5. The fourth-order valence-corrected chi connectivity index (χ4v) is 2.58. The fraction of sp³-hybridized carbons (Fsp3) is 0.188. The molecule has 0 radical (unpaired) electrons. The second-order valence-corrected chi connectivity index (χ2v) is 5.88. The van der Waals surface area contributed by atoms with E-state index in [1.54, 1.807) is 29.5 Å². The van der Waals surface area contributed by atoms with Gasteiger partial charge in [-0.15, -0.1) is 11.3 Å². The van der Waals surface area contributed by atoms with Crippen LogP contribution in [-0.2, 0) is 4.79 Å². The van der Waals surface area contributed by atoms with E-state index in [1.165, 1.54) is 23.1 Å². The first-order valence-electron chi connectivity index (χ1n) is 6.35. The maximum absolute atomic E-state index is 12.8. The Balaban J connectivity index is 1.94. The fourth-order valence-electron chi connectivity index (χ4n) is 1.80. The largest absolute Gasteiger partial charge is 0.346 e. The third-order valence-corrected chi connectivity index (χ3v) is 3.85. The number of carbonyl (C=O) groups is 1. The smallest absolute Gasteiger partial charge is 0.244 e. The van der Waals surface area contributed by atoms with Crippen molar-refractivity contribution in [2.75, 3.05) is 0 Å². The van der Waals surface area contributed by atoms with Crippen LogP contribution >= 0.6 is 11.3 Å². The van der Waals surface area contributed by atoms with Gasteiger partial charge in [-0.3, -0.25) is 4.79 Å². The van der Waals surface area contributed by atoms with Gasteiger partial charge in [0, 0.05) is 15.8 Å². The summed E-state index contributed by atoms with van der Waals surface area (Å²) in [6.45, 7) is 3.90. The molecule has 0 unspecified atom stereocenters. The molecule has 0 aliphatic rings. The molecule has 0 bridgehead atoms. The van der Waals surface area contributed by atoms with Crippen molar-refractivity contribution in [3.63, 3.8) is 0 Å². The summed E-state index contributed by atoms with van der Waals surface area (Å²) >= 11 is 1.64. The van der Waals surface area contributed by atoms with E-state index < -0.39 is 0 Å². The molecule has 1 heterocycles. The van der Waals surface area contributed by atoms with Crippen LogP contribution < -0.4 is 5.32 Å². The highest BCUT2D eigenvalue weighted by Crippen LogP contribution is 2.16. The number of thiophene rings is 1. The van der Waals surface area contributed by atoms with E-state index in [-0.39, 0.29) is 17.8 Å². The Kier molecular flexibility index (Phi) is 4.69. The quantitative estimate of drug-likeness (QED) is 0.844. The minimum Gasteiger partial charge on any atom is -0.346 e. The second-order valence-electron chi connectivity index (χ2n) is 4.56. The molecule has 0 aliphatic carbocycles. The number of nitrogens with one attached hydrogen (secondary N) is 1. The van der Waals surface area contributed by atoms with Gasteiger partial charge in [-0.25, -0.2) is 4.39 Å². The summed E-state index contributed by atoms with van der Waals surface area (Å²) in [5.41, 5.74) is 0.875. The molecule has 1 aromatic heterocycles. The van der Waals surface area contributed by atoms with Crippen LogP contribution in [0.15, 0.2) is 42.5 Å². The van der Waals surface area contributed by atoms with Crippen LogP contribution in [0, 0.1) is 12.7 Å². The summed E-state index contributed by atoms with van der Waals surface area (Å²) in [6, 6.07) is 9.97. The molecule has 2 rings (SSSR count). The minimum atomic E-state index is -0.278.